The Morgan fingerprint density at radius 1 is 1.22 bits per heavy atom. The van der Waals surface area contributed by atoms with Crippen molar-refractivity contribution in [2.24, 2.45) is 0 Å². The van der Waals surface area contributed by atoms with Gasteiger partial charge in [0, 0.05) is 0 Å². The minimum atomic E-state index is -5.52. The Balaban J connectivity index is -0.00000112. The molecule has 9 nitrogen and oxygen atoms in total. The van der Waals surface area contributed by atoms with Crippen molar-refractivity contribution in [3.8, 4) is 0 Å². The first-order valence-electron chi connectivity index (χ1n) is 4.03. The molecule has 0 aromatic heterocycles. The van der Waals surface area contributed by atoms with Crippen LogP contribution in [0.4, 0.5) is 0 Å². The minimum Gasteiger partial charge on any atom is -0.790 e. The van der Waals surface area contributed by atoms with Gasteiger partial charge in [-0.2, -0.15) is 0 Å². The van der Waals surface area contributed by atoms with Crippen LogP contribution in [0, 0.1) is 0 Å². The quantitative estimate of drug-likeness (QED) is 0.202. The van der Waals surface area contributed by atoms with E-state index in [-0.39, 0.29) is 87.2 Å². The van der Waals surface area contributed by atoms with Gasteiger partial charge in [-0.05, 0) is 0 Å². The van der Waals surface area contributed by atoms with Crippen LogP contribution in [-0.4, -0.2) is 57.7 Å². The molecule has 0 aromatic carbocycles. The molecule has 12 heteroatoms. The van der Waals surface area contributed by atoms with E-state index >= 15 is 0 Å². The van der Waals surface area contributed by atoms with Gasteiger partial charge in [-0.3, -0.25) is 0 Å². The summed E-state index contributed by atoms with van der Waals surface area (Å²) in [5.74, 6) is 0. The van der Waals surface area contributed by atoms with Crippen LogP contribution in [0.5, 0.6) is 0 Å². The van der Waals surface area contributed by atoms with Gasteiger partial charge in [-0.15, -0.1) is 0 Å². The number of aliphatic hydroxyl groups excluding tert-OH is 4. The maximum Gasteiger partial charge on any atom is 1.00 e. The maximum atomic E-state index is 10.3. The Morgan fingerprint density at radius 2 is 1.67 bits per heavy atom. The molecule has 0 fully saturated rings. The fraction of sp³-hybridized carbons (Fsp3) is 0.833. The van der Waals surface area contributed by atoms with Gasteiger partial charge in [-0.25, -0.2) is 0 Å². The van der Waals surface area contributed by atoms with Crippen molar-refractivity contribution in [2.45, 2.75) is 24.4 Å². The van der Waals surface area contributed by atoms with Crippen LogP contribution in [-0.2, 0) is 13.9 Å². The Kier molecular flexibility index (Phi) is 16.6. The molecule has 18 heavy (non-hydrogen) atoms. The van der Waals surface area contributed by atoms with E-state index in [1.165, 1.54) is 0 Å². The second-order valence-corrected chi connectivity index (χ2v) is 3.99. The molecule has 0 unspecified atom stereocenters. The van der Waals surface area contributed by atoms with Gasteiger partial charge in [0.2, 0.25) is 0 Å². The van der Waals surface area contributed by atoms with Gasteiger partial charge in [0.15, 0.2) is 6.29 Å². The number of aldehydes is 1. The molecule has 0 saturated heterocycles. The van der Waals surface area contributed by atoms with E-state index in [0.717, 1.165) is 0 Å². The van der Waals surface area contributed by atoms with Gasteiger partial charge >= 0.3 is 80.9 Å². The van der Waals surface area contributed by atoms with Crippen molar-refractivity contribution in [3.05, 3.63) is 0 Å². The van der Waals surface area contributed by atoms with E-state index in [1.54, 1.807) is 0 Å². The molecule has 0 spiro atoms. The van der Waals surface area contributed by atoms with Crippen LogP contribution in [0.25, 0.3) is 0 Å². The predicted octanol–water partition coefficient (Wildman–Crippen LogP) is -10.5. The smallest absolute Gasteiger partial charge is 0.790 e. The first-order valence-corrected chi connectivity index (χ1v) is 5.49. The second kappa shape index (κ2) is 11.9. The summed E-state index contributed by atoms with van der Waals surface area (Å²) < 4.78 is 13.8. The monoisotopic (exact) mass is 320 g/mol. The van der Waals surface area contributed by atoms with Crippen molar-refractivity contribution in [1.82, 2.24) is 0 Å². The molecule has 0 rings (SSSR count). The molecular weight excluding hydrogens is 309 g/mol. The number of hydrogen-bond acceptors (Lipinski definition) is 9. The molecule has 0 bridgehead atoms. The summed E-state index contributed by atoms with van der Waals surface area (Å²) >= 11 is 0. The van der Waals surface area contributed by atoms with Crippen LogP contribution in [0.3, 0.4) is 0 Å². The van der Waals surface area contributed by atoms with E-state index in [2.05, 4.69) is 4.52 Å². The Bertz CT molecular complexity index is 274. The number of rotatable bonds is 7. The zero-order chi connectivity index (χ0) is 12.9. The molecular formula is C6H11KNaO9P. The first-order chi connectivity index (χ1) is 7.22. The summed E-state index contributed by atoms with van der Waals surface area (Å²) in [6.45, 7) is -0.934. The van der Waals surface area contributed by atoms with Gasteiger partial charge in [0.05, 0.1) is 14.4 Å². The topological polar surface area (TPSA) is 170 Å². The second-order valence-electron chi connectivity index (χ2n) is 2.88. The van der Waals surface area contributed by atoms with Crippen molar-refractivity contribution in [3.63, 3.8) is 0 Å². The molecule has 96 valence electrons. The normalized spacial score (nSPS) is 17.7. The molecule has 4 atom stereocenters. The third-order valence-corrected chi connectivity index (χ3v) is 2.15. The standard InChI is InChI=1S/C6H13O9P.K.Na/c7-1-3(9)5(10)6(11)4(2-8)15-16(12,13)14;;/h2-7,9-11H,1H2,(H2,12,13,14);;/q;2*+1/p-2/t3-,4+,5-,6-;;/m1../s1. The fourth-order valence-electron chi connectivity index (χ4n) is 0.847. The molecule has 0 aliphatic heterocycles. The summed E-state index contributed by atoms with van der Waals surface area (Å²) in [6, 6.07) is 0. The van der Waals surface area contributed by atoms with Gasteiger partial charge in [0.1, 0.15) is 24.4 Å². The zero-order valence-corrected chi connectivity index (χ0v) is 15.9. The van der Waals surface area contributed by atoms with Crippen LogP contribution < -0.4 is 90.7 Å². The Labute approximate surface area is 167 Å². The average Bonchev–Trinajstić information content (AvgIpc) is 2.21. The zero-order valence-electron chi connectivity index (χ0n) is 9.87. The summed E-state index contributed by atoms with van der Waals surface area (Å²) in [4.78, 5) is 30.6. The summed E-state index contributed by atoms with van der Waals surface area (Å²) in [5, 5.41) is 35.6. The van der Waals surface area contributed by atoms with Crippen molar-refractivity contribution in [1.29, 1.82) is 0 Å². The van der Waals surface area contributed by atoms with Crippen molar-refractivity contribution < 1.29 is 125 Å². The molecule has 0 heterocycles. The predicted molar refractivity (Wildman–Crippen MR) is 43.6 cm³/mol. The van der Waals surface area contributed by atoms with E-state index in [4.69, 9.17) is 20.4 Å². The number of phosphoric acid groups is 1. The summed E-state index contributed by atoms with van der Waals surface area (Å²) in [5.41, 5.74) is 0. The first kappa shape index (κ1) is 25.2. The van der Waals surface area contributed by atoms with E-state index in [0.29, 0.717) is 0 Å². The molecule has 0 aromatic rings. The average molecular weight is 320 g/mol. The number of carbonyl (C=O) groups is 1. The SMILES string of the molecule is O=C[C@H](OP(=O)([O-])[O-])[C@@H](O)[C@H](O)[C@H](O)CO.[K+].[Na+]. The van der Waals surface area contributed by atoms with E-state index in [1.807, 2.05) is 0 Å². The number of carbonyl (C=O) groups excluding carboxylic acids is 1. The maximum absolute atomic E-state index is 10.3. The van der Waals surface area contributed by atoms with Crippen LogP contribution in [0.1, 0.15) is 0 Å². The third kappa shape index (κ3) is 10.1. The number of aliphatic hydroxyl groups is 4. The van der Waals surface area contributed by atoms with E-state index in [9.17, 15) is 19.1 Å². The largest absolute Gasteiger partial charge is 1.00 e. The van der Waals surface area contributed by atoms with E-state index < -0.39 is 38.8 Å². The minimum absolute atomic E-state index is 0. The molecule has 4 N–H and O–H groups in total. The van der Waals surface area contributed by atoms with Gasteiger partial charge in [-0.1, -0.05) is 0 Å². The molecule has 0 aliphatic carbocycles. The van der Waals surface area contributed by atoms with Crippen molar-refractivity contribution in [2.75, 3.05) is 6.61 Å². The summed E-state index contributed by atoms with van der Waals surface area (Å²) in [7, 11) is -5.52. The third-order valence-electron chi connectivity index (χ3n) is 1.65. The molecule has 0 radical (unpaired) electrons. The van der Waals surface area contributed by atoms with Crippen LogP contribution in [0.15, 0.2) is 0 Å². The fourth-order valence-corrected chi connectivity index (χ4v) is 1.32. The Morgan fingerprint density at radius 3 is 1.94 bits per heavy atom. The summed E-state index contributed by atoms with van der Waals surface area (Å²) in [6.07, 6.45) is -8.36. The van der Waals surface area contributed by atoms with Crippen LogP contribution in [0.2, 0.25) is 0 Å². The van der Waals surface area contributed by atoms with Crippen molar-refractivity contribution >= 4 is 14.1 Å². The number of hydrogen-bond donors (Lipinski definition) is 4. The molecule has 0 amide bonds. The number of phosphoric ester groups is 1. The molecule has 0 saturated carbocycles. The molecule has 0 aliphatic rings. The Hall–Kier alpha value is 2.26. The van der Waals surface area contributed by atoms with Crippen LogP contribution >= 0.6 is 7.82 Å². The van der Waals surface area contributed by atoms with Gasteiger partial charge in [0.25, 0.3) is 0 Å². The van der Waals surface area contributed by atoms with Gasteiger partial charge < -0.3 is 44.1 Å².